The van der Waals surface area contributed by atoms with Crippen molar-refractivity contribution < 1.29 is 9.18 Å². The number of carbonyl (C=O) groups excluding carboxylic acids is 1. The highest BCUT2D eigenvalue weighted by Crippen LogP contribution is 2.28. The van der Waals surface area contributed by atoms with Gasteiger partial charge in [-0.2, -0.15) is 0 Å². The van der Waals surface area contributed by atoms with E-state index < -0.39 is 5.82 Å². The molecule has 1 saturated carbocycles. The Balaban J connectivity index is 2.13. The summed E-state index contributed by atoms with van der Waals surface area (Å²) in [4.78, 5) is 14.3. The highest BCUT2D eigenvalue weighted by molar-refractivity contribution is 7.80. The topological polar surface area (TPSA) is 46.3 Å². The lowest BCUT2D eigenvalue weighted by Gasteiger charge is -2.22. The standard InChI is InChI=1S/C13H15FN2OS/c14-11-4-2-1-3-10(11)13(17)16(9-5-6-9)8-7-12(15)18/h1-4,9H,5-8H2,(H2,15,18). The Labute approximate surface area is 111 Å². The number of carbonyl (C=O) groups is 1. The summed E-state index contributed by atoms with van der Waals surface area (Å²) in [6.07, 6.45) is 2.42. The molecule has 2 N–H and O–H groups in total. The fraction of sp³-hybridized carbons (Fsp3) is 0.385. The molecule has 0 aliphatic heterocycles. The van der Waals surface area contributed by atoms with Gasteiger partial charge in [-0.25, -0.2) is 4.39 Å². The Morgan fingerprint density at radius 1 is 1.44 bits per heavy atom. The first kappa shape index (κ1) is 13.0. The Hall–Kier alpha value is -1.49. The van der Waals surface area contributed by atoms with Gasteiger partial charge in [0.2, 0.25) is 0 Å². The highest BCUT2D eigenvalue weighted by atomic mass is 32.1. The van der Waals surface area contributed by atoms with E-state index in [1.165, 1.54) is 12.1 Å². The molecule has 0 atom stereocenters. The van der Waals surface area contributed by atoms with Crippen molar-refractivity contribution in [2.45, 2.75) is 25.3 Å². The van der Waals surface area contributed by atoms with Crippen molar-refractivity contribution in [1.82, 2.24) is 4.90 Å². The zero-order valence-electron chi connectivity index (χ0n) is 9.93. The third kappa shape index (κ3) is 3.04. The molecule has 0 saturated heterocycles. The number of hydrogen-bond donors (Lipinski definition) is 1. The van der Waals surface area contributed by atoms with E-state index in [9.17, 15) is 9.18 Å². The van der Waals surface area contributed by atoms with E-state index in [2.05, 4.69) is 0 Å². The average molecular weight is 266 g/mol. The van der Waals surface area contributed by atoms with Crippen molar-refractivity contribution in [3.8, 4) is 0 Å². The lowest BCUT2D eigenvalue weighted by atomic mass is 10.1. The second-order valence-corrected chi connectivity index (χ2v) is 4.95. The van der Waals surface area contributed by atoms with Crippen LogP contribution in [0.15, 0.2) is 24.3 Å². The van der Waals surface area contributed by atoms with Crippen LogP contribution in [0.5, 0.6) is 0 Å². The molecule has 1 amide bonds. The summed E-state index contributed by atoms with van der Waals surface area (Å²) in [7, 11) is 0. The number of hydrogen-bond acceptors (Lipinski definition) is 2. The Kier molecular flexibility index (Phi) is 3.91. The highest BCUT2D eigenvalue weighted by Gasteiger charge is 2.33. The van der Waals surface area contributed by atoms with Gasteiger partial charge in [0.05, 0.1) is 10.6 Å². The Bertz CT molecular complexity index is 474. The van der Waals surface area contributed by atoms with Crippen molar-refractivity contribution in [2.75, 3.05) is 6.54 Å². The maximum atomic E-state index is 13.6. The van der Waals surface area contributed by atoms with Crippen molar-refractivity contribution >= 4 is 23.1 Å². The van der Waals surface area contributed by atoms with Crippen molar-refractivity contribution in [1.29, 1.82) is 0 Å². The Morgan fingerprint density at radius 2 is 2.11 bits per heavy atom. The number of thiocarbonyl (C=S) groups is 1. The van der Waals surface area contributed by atoms with Crippen LogP contribution in [0, 0.1) is 5.82 Å². The SMILES string of the molecule is NC(=S)CCN(C(=O)c1ccccc1F)C1CC1. The fourth-order valence-corrected chi connectivity index (χ4v) is 1.95. The summed E-state index contributed by atoms with van der Waals surface area (Å²) in [6, 6.07) is 6.25. The van der Waals surface area contributed by atoms with E-state index in [0.29, 0.717) is 18.0 Å². The lowest BCUT2D eigenvalue weighted by Crippen LogP contribution is -2.36. The monoisotopic (exact) mass is 266 g/mol. The number of nitrogens with zero attached hydrogens (tertiary/aromatic N) is 1. The molecule has 1 aliphatic rings. The van der Waals surface area contributed by atoms with Crippen LogP contribution in [-0.2, 0) is 0 Å². The first-order chi connectivity index (χ1) is 8.59. The molecule has 1 aliphatic carbocycles. The molecule has 0 heterocycles. The summed E-state index contributed by atoms with van der Waals surface area (Å²) in [5.41, 5.74) is 5.57. The molecule has 0 unspecified atom stereocenters. The summed E-state index contributed by atoms with van der Waals surface area (Å²) >= 11 is 4.82. The number of benzene rings is 1. The van der Waals surface area contributed by atoms with Gasteiger partial charge in [-0.3, -0.25) is 4.79 Å². The van der Waals surface area contributed by atoms with E-state index in [-0.39, 0.29) is 17.5 Å². The summed E-state index contributed by atoms with van der Waals surface area (Å²) in [5, 5.41) is 0. The van der Waals surface area contributed by atoms with Crippen LogP contribution < -0.4 is 5.73 Å². The molecule has 1 aromatic rings. The first-order valence-corrected chi connectivity index (χ1v) is 6.34. The molecule has 2 rings (SSSR count). The van der Waals surface area contributed by atoms with Crippen LogP contribution in [0.3, 0.4) is 0 Å². The van der Waals surface area contributed by atoms with E-state index >= 15 is 0 Å². The van der Waals surface area contributed by atoms with E-state index in [0.717, 1.165) is 12.8 Å². The van der Waals surface area contributed by atoms with Gasteiger partial charge in [-0.1, -0.05) is 24.4 Å². The fourth-order valence-electron chi connectivity index (χ4n) is 1.86. The molecule has 1 fully saturated rings. The maximum Gasteiger partial charge on any atom is 0.257 e. The minimum absolute atomic E-state index is 0.118. The molecule has 5 heteroatoms. The molecular formula is C13H15FN2OS. The number of amides is 1. The summed E-state index contributed by atoms with van der Waals surface area (Å²) in [5.74, 6) is -0.754. The maximum absolute atomic E-state index is 13.6. The van der Waals surface area contributed by atoms with E-state index in [1.54, 1.807) is 17.0 Å². The summed E-state index contributed by atoms with van der Waals surface area (Å²) in [6.45, 7) is 0.465. The van der Waals surface area contributed by atoms with Gasteiger partial charge >= 0.3 is 0 Å². The number of halogens is 1. The molecular weight excluding hydrogens is 251 g/mol. The van der Waals surface area contributed by atoms with Gasteiger partial charge < -0.3 is 10.6 Å². The van der Waals surface area contributed by atoms with Gasteiger partial charge in [-0.05, 0) is 25.0 Å². The quantitative estimate of drug-likeness (QED) is 0.830. The molecule has 18 heavy (non-hydrogen) atoms. The van der Waals surface area contributed by atoms with Crippen LogP contribution in [0.2, 0.25) is 0 Å². The van der Waals surface area contributed by atoms with Gasteiger partial charge in [0, 0.05) is 19.0 Å². The minimum atomic E-state index is -0.483. The second kappa shape index (κ2) is 5.44. The van der Waals surface area contributed by atoms with Crippen LogP contribution in [-0.4, -0.2) is 28.4 Å². The van der Waals surface area contributed by atoms with Gasteiger partial charge in [0.15, 0.2) is 0 Å². The zero-order valence-corrected chi connectivity index (χ0v) is 10.8. The first-order valence-electron chi connectivity index (χ1n) is 5.93. The van der Waals surface area contributed by atoms with Crippen LogP contribution >= 0.6 is 12.2 Å². The third-order valence-electron chi connectivity index (χ3n) is 2.95. The normalized spacial score (nSPS) is 14.3. The number of nitrogens with two attached hydrogens (primary N) is 1. The molecule has 1 aromatic carbocycles. The molecule has 0 radical (unpaired) electrons. The molecule has 96 valence electrons. The largest absolute Gasteiger partial charge is 0.393 e. The van der Waals surface area contributed by atoms with Crippen LogP contribution in [0.1, 0.15) is 29.6 Å². The van der Waals surface area contributed by atoms with Crippen molar-refractivity contribution in [3.05, 3.63) is 35.6 Å². The van der Waals surface area contributed by atoms with Crippen molar-refractivity contribution in [3.63, 3.8) is 0 Å². The van der Waals surface area contributed by atoms with E-state index in [1.807, 2.05) is 0 Å². The van der Waals surface area contributed by atoms with Crippen molar-refractivity contribution in [2.24, 2.45) is 5.73 Å². The predicted molar refractivity (Wildman–Crippen MR) is 71.9 cm³/mol. The van der Waals surface area contributed by atoms with Gasteiger partial charge in [-0.15, -0.1) is 0 Å². The number of rotatable bonds is 5. The molecule has 0 spiro atoms. The zero-order chi connectivity index (χ0) is 13.1. The molecule has 0 aromatic heterocycles. The molecule has 3 nitrogen and oxygen atoms in total. The third-order valence-corrected chi connectivity index (χ3v) is 3.16. The van der Waals surface area contributed by atoms with Gasteiger partial charge in [0.25, 0.3) is 5.91 Å². The van der Waals surface area contributed by atoms with E-state index in [4.69, 9.17) is 18.0 Å². The smallest absolute Gasteiger partial charge is 0.257 e. The molecule has 0 bridgehead atoms. The lowest BCUT2D eigenvalue weighted by molar-refractivity contribution is 0.0743. The van der Waals surface area contributed by atoms with Crippen LogP contribution in [0.4, 0.5) is 4.39 Å². The predicted octanol–water partition coefficient (Wildman–Crippen LogP) is 2.11. The second-order valence-electron chi connectivity index (χ2n) is 4.43. The Morgan fingerprint density at radius 3 is 2.67 bits per heavy atom. The minimum Gasteiger partial charge on any atom is -0.393 e. The average Bonchev–Trinajstić information content (AvgIpc) is 3.13. The van der Waals surface area contributed by atoms with Crippen LogP contribution in [0.25, 0.3) is 0 Å². The summed E-state index contributed by atoms with van der Waals surface area (Å²) < 4.78 is 13.6. The van der Waals surface area contributed by atoms with Gasteiger partial charge in [0.1, 0.15) is 5.82 Å².